The highest BCUT2D eigenvalue weighted by atomic mass is 16.6. The molecule has 1 aromatic heterocycles. The molecule has 2 atom stereocenters. The van der Waals surface area contributed by atoms with Crippen LogP contribution >= 0.6 is 0 Å². The normalized spacial score (nSPS) is 22.3. The lowest BCUT2D eigenvalue weighted by Gasteiger charge is -2.20. The number of aryl methyl sites for hydroxylation is 1. The number of rotatable bonds is 4. The number of anilines is 1. The zero-order valence-electron chi connectivity index (χ0n) is 15.0. The van der Waals surface area contributed by atoms with Crippen LogP contribution in [-0.4, -0.2) is 52.1 Å². The molecule has 0 aromatic carbocycles. The number of likely N-dealkylation sites (tertiary alicyclic amines) is 1. The van der Waals surface area contributed by atoms with Gasteiger partial charge in [0.05, 0.1) is 6.20 Å². The second-order valence-electron chi connectivity index (χ2n) is 7.37. The maximum absolute atomic E-state index is 12.0. The molecule has 1 fully saturated rings. The van der Waals surface area contributed by atoms with Crippen molar-refractivity contribution in [3.63, 3.8) is 0 Å². The van der Waals surface area contributed by atoms with E-state index < -0.39 is 11.7 Å². The molecule has 130 valence electrons. The standard InChI is InChI=1S/C16H29N5O2/c1-11-7-13(10-20(11)5)17-8-12-9-18-21(6)14(12)19-15(22)23-16(2,3)4/h9,11,13,17H,7-8,10H2,1-6H3,(H,19,22). The van der Waals surface area contributed by atoms with Gasteiger partial charge in [-0.15, -0.1) is 0 Å². The van der Waals surface area contributed by atoms with Gasteiger partial charge in [-0.2, -0.15) is 5.10 Å². The van der Waals surface area contributed by atoms with E-state index in [0.717, 1.165) is 18.5 Å². The minimum Gasteiger partial charge on any atom is -0.444 e. The first-order chi connectivity index (χ1) is 10.7. The van der Waals surface area contributed by atoms with Crippen LogP contribution in [0.3, 0.4) is 0 Å². The maximum Gasteiger partial charge on any atom is 0.413 e. The van der Waals surface area contributed by atoms with Gasteiger partial charge in [-0.05, 0) is 41.2 Å². The van der Waals surface area contributed by atoms with E-state index in [0.29, 0.717) is 24.4 Å². The molecule has 23 heavy (non-hydrogen) atoms. The molecule has 0 saturated carbocycles. The molecule has 7 heteroatoms. The Bertz CT molecular complexity index is 539. The first kappa shape index (κ1) is 17.7. The highest BCUT2D eigenvalue weighted by Crippen LogP contribution is 2.19. The summed E-state index contributed by atoms with van der Waals surface area (Å²) in [6.45, 7) is 9.48. The van der Waals surface area contributed by atoms with Crippen LogP contribution in [0.25, 0.3) is 0 Å². The molecule has 2 heterocycles. The topological polar surface area (TPSA) is 71.4 Å². The monoisotopic (exact) mass is 323 g/mol. The van der Waals surface area contributed by atoms with Crippen LogP contribution in [0, 0.1) is 0 Å². The number of nitrogens with zero attached hydrogens (tertiary/aromatic N) is 3. The fraction of sp³-hybridized carbons (Fsp3) is 0.750. The van der Waals surface area contributed by atoms with Crippen molar-refractivity contribution in [1.29, 1.82) is 0 Å². The highest BCUT2D eigenvalue weighted by Gasteiger charge is 2.26. The Morgan fingerprint density at radius 3 is 2.70 bits per heavy atom. The first-order valence-corrected chi connectivity index (χ1v) is 8.10. The van der Waals surface area contributed by atoms with E-state index in [9.17, 15) is 4.79 Å². The number of hydrogen-bond acceptors (Lipinski definition) is 5. The summed E-state index contributed by atoms with van der Waals surface area (Å²) >= 11 is 0. The number of carbonyl (C=O) groups is 1. The third-order valence-electron chi connectivity index (χ3n) is 4.10. The number of nitrogens with one attached hydrogen (secondary N) is 2. The van der Waals surface area contributed by atoms with E-state index in [1.807, 2.05) is 27.8 Å². The van der Waals surface area contributed by atoms with Gasteiger partial charge in [0, 0.05) is 37.8 Å². The molecule has 2 rings (SSSR count). The van der Waals surface area contributed by atoms with E-state index in [-0.39, 0.29) is 0 Å². The molecule has 0 aliphatic carbocycles. The maximum atomic E-state index is 12.0. The van der Waals surface area contributed by atoms with Gasteiger partial charge in [0.15, 0.2) is 0 Å². The fourth-order valence-electron chi connectivity index (χ4n) is 2.77. The van der Waals surface area contributed by atoms with Crippen molar-refractivity contribution in [1.82, 2.24) is 20.0 Å². The minimum atomic E-state index is -0.522. The summed E-state index contributed by atoms with van der Waals surface area (Å²) in [6, 6.07) is 1.06. The second kappa shape index (κ2) is 6.88. The van der Waals surface area contributed by atoms with E-state index in [1.54, 1.807) is 10.9 Å². The van der Waals surface area contributed by atoms with Crippen molar-refractivity contribution >= 4 is 11.9 Å². The van der Waals surface area contributed by atoms with Gasteiger partial charge in [-0.3, -0.25) is 10.00 Å². The zero-order chi connectivity index (χ0) is 17.2. The molecular weight excluding hydrogens is 294 g/mol. The van der Waals surface area contributed by atoms with Gasteiger partial charge < -0.3 is 15.0 Å². The minimum absolute atomic E-state index is 0.462. The summed E-state index contributed by atoms with van der Waals surface area (Å²) < 4.78 is 6.97. The number of carbonyl (C=O) groups excluding carboxylic acids is 1. The van der Waals surface area contributed by atoms with Crippen molar-refractivity contribution in [2.45, 2.75) is 58.3 Å². The zero-order valence-corrected chi connectivity index (χ0v) is 15.0. The quantitative estimate of drug-likeness (QED) is 0.886. The molecule has 7 nitrogen and oxygen atoms in total. The summed E-state index contributed by atoms with van der Waals surface area (Å²) in [4.78, 5) is 14.3. The lowest BCUT2D eigenvalue weighted by molar-refractivity contribution is 0.0634. The molecule has 0 radical (unpaired) electrons. The average Bonchev–Trinajstić information content (AvgIpc) is 2.90. The van der Waals surface area contributed by atoms with Gasteiger partial charge in [-0.25, -0.2) is 4.79 Å². The average molecular weight is 323 g/mol. The molecule has 1 aliphatic rings. The van der Waals surface area contributed by atoms with Crippen LogP contribution in [-0.2, 0) is 18.3 Å². The van der Waals surface area contributed by atoms with Crippen molar-refractivity contribution in [2.75, 3.05) is 18.9 Å². The SMILES string of the molecule is CC1CC(NCc2cnn(C)c2NC(=O)OC(C)(C)C)CN1C. The Balaban J connectivity index is 1.94. The predicted octanol–water partition coefficient (Wildman–Crippen LogP) is 1.95. The number of hydrogen-bond donors (Lipinski definition) is 2. The molecule has 1 aromatic rings. The van der Waals surface area contributed by atoms with Gasteiger partial charge >= 0.3 is 6.09 Å². The largest absolute Gasteiger partial charge is 0.444 e. The third-order valence-corrected chi connectivity index (χ3v) is 4.10. The summed E-state index contributed by atoms with van der Waals surface area (Å²) in [5.74, 6) is 0.672. The summed E-state index contributed by atoms with van der Waals surface area (Å²) in [5, 5.41) is 10.6. The van der Waals surface area contributed by atoms with E-state index in [2.05, 4.69) is 34.6 Å². The van der Waals surface area contributed by atoms with Crippen LogP contribution in [0.15, 0.2) is 6.20 Å². The van der Waals surface area contributed by atoms with Crippen LogP contribution in [0.4, 0.5) is 10.6 Å². The Kier molecular flexibility index (Phi) is 5.31. The number of ether oxygens (including phenoxy) is 1. The van der Waals surface area contributed by atoms with E-state index in [1.165, 1.54) is 0 Å². The van der Waals surface area contributed by atoms with Crippen molar-refractivity contribution in [3.8, 4) is 0 Å². The van der Waals surface area contributed by atoms with Gasteiger partial charge in [0.25, 0.3) is 0 Å². The Labute approximate surface area is 138 Å². The van der Waals surface area contributed by atoms with Crippen LogP contribution in [0.2, 0.25) is 0 Å². The lowest BCUT2D eigenvalue weighted by Crippen LogP contribution is -2.32. The van der Waals surface area contributed by atoms with Crippen LogP contribution in [0.5, 0.6) is 0 Å². The Hall–Kier alpha value is -1.60. The number of aromatic nitrogens is 2. The summed E-state index contributed by atoms with van der Waals surface area (Å²) in [5.41, 5.74) is 0.437. The molecule has 1 aliphatic heterocycles. The molecule has 1 amide bonds. The van der Waals surface area contributed by atoms with Gasteiger partial charge in [0.2, 0.25) is 0 Å². The molecule has 2 unspecified atom stereocenters. The van der Waals surface area contributed by atoms with Crippen molar-refractivity contribution in [2.24, 2.45) is 7.05 Å². The van der Waals surface area contributed by atoms with Crippen molar-refractivity contribution < 1.29 is 9.53 Å². The summed E-state index contributed by atoms with van der Waals surface area (Å²) in [7, 11) is 3.95. The Morgan fingerprint density at radius 2 is 2.13 bits per heavy atom. The van der Waals surface area contributed by atoms with Crippen molar-refractivity contribution in [3.05, 3.63) is 11.8 Å². The van der Waals surface area contributed by atoms with Crippen LogP contribution in [0.1, 0.15) is 39.7 Å². The fourth-order valence-corrected chi connectivity index (χ4v) is 2.77. The smallest absolute Gasteiger partial charge is 0.413 e. The molecule has 0 bridgehead atoms. The van der Waals surface area contributed by atoms with E-state index >= 15 is 0 Å². The van der Waals surface area contributed by atoms with E-state index in [4.69, 9.17) is 4.74 Å². The Morgan fingerprint density at radius 1 is 1.43 bits per heavy atom. The van der Waals surface area contributed by atoms with Gasteiger partial charge in [-0.1, -0.05) is 0 Å². The predicted molar refractivity (Wildman–Crippen MR) is 90.4 cm³/mol. The first-order valence-electron chi connectivity index (χ1n) is 8.10. The second-order valence-corrected chi connectivity index (χ2v) is 7.37. The molecule has 2 N–H and O–H groups in total. The number of amides is 1. The molecule has 1 saturated heterocycles. The summed E-state index contributed by atoms with van der Waals surface area (Å²) in [6.07, 6.45) is 2.45. The molecular formula is C16H29N5O2. The third kappa shape index (κ3) is 4.94. The number of likely N-dealkylation sites (N-methyl/N-ethyl adjacent to an activating group) is 1. The van der Waals surface area contributed by atoms with Gasteiger partial charge in [0.1, 0.15) is 11.4 Å². The molecule has 0 spiro atoms. The lowest BCUT2D eigenvalue weighted by atomic mass is 10.2. The van der Waals surface area contributed by atoms with Crippen LogP contribution < -0.4 is 10.6 Å². The highest BCUT2D eigenvalue weighted by molar-refractivity contribution is 5.84.